The van der Waals surface area contributed by atoms with E-state index in [4.69, 9.17) is 4.74 Å². The van der Waals surface area contributed by atoms with Crippen LogP contribution in [-0.2, 0) is 0 Å². The molecule has 2 heteroatoms. The zero-order valence-electron chi connectivity index (χ0n) is 26.1. The van der Waals surface area contributed by atoms with Crippen LogP contribution in [0, 0.1) is 0 Å². The molecule has 9 aromatic rings. The van der Waals surface area contributed by atoms with Crippen molar-refractivity contribution in [1.29, 1.82) is 0 Å². The average molecular weight is 612 g/mol. The van der Waals surface area contributed by atoms with E-state index in [1.165, 1.54) is 71.6 Å². The number of benzene rings is 8. The van der Waals surface area contributed by atoms with Gasteiger partial charge >= 0.3 is 0 Å². The smallest absolute Gasteiger partial charge is 0.135 e. The number of rotatable bonds is 4. The maximum atomic E-state index is 6.55. The van der Waals surface area contributed by atoms with Crippen LogP contribution in [0.4, 0.5) is 0 Å². The molecule has 0 atom stereocenters. The second-order valence-electron chi connectivity index (χ2n) is 12.5. The predicted octanol–water partition coefficient (Wildman–Crippen LogP) is 12.7. The maximum Gasteiger partial charge on any atom is 0.135 e. The quantitative estimate of drug-likeness (QED) is 0.193. The lowest BCUT2D eigenvalue weighted by atomic mass is 9.89. The minimum absolute atomic E-state index is 0.890. The Morgan fingerprint density at radius 3 is 1.88 bits per heavy atom. The molecule has 1 aliphatic heterocycles. The fourth-order valence-corrected chi connectivity index (χ4v) is 7.66. The van der Waals surface area contributed by atoms with E-state index in [1.54, 1.807) is 0 Å². The molecule has 224 valence electrons. The molecule has 1 aliphatic rings. The first-order chi connectivity index (χ1) is 23.8. The van der Waals surface area contributed by atoms with Crippen LogP contribution in [0.2, 0.25) is 0 Å². The Hall–Kier alpha value is -6.38. The molecule has 0 aliphatic carbocycles. The third-order valence-corrected chi connectivity index (χ3v) is 9.80. The molecule has 0 bridgehead atoms. The van der Waals surface area contributed by atoms with Gasteiger partial charge in [0.25, 0.3) is 0 Å². The summed E-state index contributed by atoms with van der Waals surface area (Å²) >= 11 is 0. The Kier molecular flexibility index (Phi) is 5.91. The Labute approximate surface area is 278 Å². The van der Waals surface area contributed by atoms with E-state index in [2.05, 4.69) is 180 Å². The Balaban J connectivity index is 1.12. The lowest BCUT2D eigenvalue weighted by molar-refractivity contribution is 0.487. The van der Waals surface area contributed by atoms with E-state index in [9.17, 15) is 0 Å². The summed E-state index contributed by atoms with van der Waals surface area (Å²) in [6.45, 7) is 0. The number of fused-ring (bicyclic) bond motifs is 5. The summed E-state index contributed by atoms with van der Waals surface area (Å²) in [7, 11) is 0. The molecule has 48 heavy (non-hydrogen) atoms. The van der Waals surface area contributed by atoms with Gasteiger partial charge in [0.05, 0.1) is 11.0 Å². The molecule has 0 fully saturated rings. The summed E-state index contributed by atoms with van der Waals surface area (Å²) in [6.07, 6.45) is 0. The number of para-hydroxylation sites is 2. The molecule has 1 aromatic heterocycles. The number of nitrogens with zero attached hydrogens (tertiary/aromatic N) is 1. The van der Waals surface area contributed by atoms with Crippen LogP contribution in [0.15, 0.2) is 176 Å². The van der Waals surface area contributed by atoms with Crippen molar-refractivity contribution in [2.75, 3.05) is 0 Å². The van der Waals surface area contributed by atoms with Gasteiger partial charge in [0.15, 0.2) is 0 Å². The topological polar surface area (TPSA) is 14.2 Å². The third kappa shape index (κ3) is 4.06. The average Bonchev–Trinajstić information content (AvgIpc) is 3.50. The minimum atomic E-state index is 0.890. The summed E-state index contributed by atoms with van der Waals surface area (Å²) < 4.78 is 8.93. The zero-order chi connectivity index (χ0) is 31.6. The Bertz CT molecular complexity index is 2690. The van der Waals surface area contributed by atoms with Crippen LogP contribution in [-0.4, -0.2) is 4.57 Å². The second kappa shape index (κ2) is 10.6. The van der Waals surface area contributed by atoms with Gasteiger partial charge in [-0.25, -0.2) is 0 Å². The first-order valence-corrected chi connectivity index (χ1v) is 16.4. The Morgan fingerprint density at radius 1 is 0.333 bits per heavy atom. The van der Waals surface area contributed by atoms with E-state index in [0.717, 1.165) is 22.6 Å². The fraction of sp³-hybridized carbons (Fsp3) is 0. The first-order valence-electron chi connectivity index (χ1n) is 16.4. The second-order valence-corrected chi connectivity index (χ2v) is 12.5. The van der Waals surface area contributed by atoms with Gasteiger partial charge in [0, 0.05) is 27.4 Å². The van der Waals surface area contributed by atoms with Crippen molar-refractivity contribution in [1.82, 2.24) is 4.57 Å². The normalized spacial score (nSPS) is 11.9. The molecular formula is C46H29NO. The van der Waals surface area contributed by atoms with Gasteiger partial charge in [-0.2, -0.15) is 0 Å². The lowest BCUT2D eigenvalue weighted by Crippen LogP contribution is -1.98. The standard InChI is InChI=1S/C46H29NO/c1-3-12-30(13-4-1)35-25-27-44-46-37(35)20-10-21-38(46)40-29-32(24-26-43(40)48-44)31-14-9-15-33(28-31)36-19-11-23-42-45(36)39-18-7-8-22-41(39)47(42)34-16-5-2-6-17-34/h1-29H. The Morgan fingerprint density at radius 2 is 0.979 bits per heavy atom. The summed E-state index contributed by atoms with van der Waals surface area (Å²) in [5.41, 5.74) is 13.1. The van der Waals surface area contributed by atoms with E-state index >= 15 is 0 Å². The summed E-state index contributed by atoms with van der Waals surface area (Å²) in [6, 6.07) is 63.1. The summed E-state index contributed by atoms with van der Waals surface area (Å²) in [4.78, 5) is 0. The molecule has 0 radical (unpaired) electrons. The van der Waals surface area contributed by atoms with Crippen molar-refractivity contribution in [3.63, 3.8) is 0 Å². The number of hydrogen-bond acceptors (Lipinski definition) is 1. The van der Waals surface area contributed by atoms with E-state index in [0.29, 0.717) is 0 Å². The van der Waals surface area contributed by atoms with E-state index in [1.807, 2.05) is 0 Å². The molecule has 8 aromatic carbocycles. The number of hydrogen-bond donors (Lipinski definition) is 0. The predicted molar refractivity (Wildman–Crippen MR) is 200 cm³/mol. The van der Waals surface area contributed by atoms with E-state index < -0.39 is 0 Å². The van der Waals surface area contributed by atoms with Crippen molar-refractivity contribution >= 4 is 32.6 Å². The monoisotopic (exact) mass is 611 g/mol. The largest absolute Gasteiger partial charge is 0.456 e. The zero-order valence-corrected chi connectivity index (χ0v) is 26.1. The van der Waals surface area contributed by atoms with Gasteiger partial charge in [0.2, 0.25) is 0 Å². The fourth-order valence-electron chi connectivity index (χ4n) is 7.66. The van der Waals surface area contributed by atoms with Gasteiger partial charge in [-0.15, -0.1) is 0 Å². The van der Waals surface area contributed by atoms with Gasteiger partial charge in [0.1, 0.15) is 11.5 Å². The van der Waals surface area contributed by atoms with E-state index in [-0.39, 0.29) is 0 Å². The minimum Gasteiger partial charge on any atom is -0.456 e. The van der Waals surface area contributed by atoms with Crippen molar-refractivity contribution in [2.45, 2.75) is 0 Å². The first kappa shape index (κ1) is 26.8. The van der Waals surface area contributed by atoms with Crippen molar-refractivity contribution in [3.8, 4) is 61.7 Å². The van der Waals surface area contributed by atoms with Crippen LogP contribution in [0.25, 0.3) is 82.8 Å². The molecule has 0 saturated heterocycles. The van der Waals surface area contributed by atoms with Crippen LogP contribution in [0.5, 0.6) is 11.5 Å². The highest BCUT2D eigenvalue weighted by Crippen LogP contribution is 2.49. The molecule has 0 spiro atoms. The van der Waals surface area contributed by atoms with Crippen LogP contribution in [0.3, 0.4) is 0 Å². The van der Waals surface area contributed by atoms with Crippen LogP contribution >= 0.6 is 0 Å². The molecule has 2 heterocycles. The highest BCUT2D eigenvalue weighted by atomic mass is 16.5. The van der Waals surface area contributed by atoms with Crippen molar-refractivity contribution in [3.05, 3.63) is 176 Å². The molecular weight excluding hydrogens is 583 g/mol. The van der Waals surface area contributed by atoms with Crippen LogP contribution in [0.1, 0.15) is 0 Å². The number of aromatic nitrogens is 1. The molecule has 0 amide bonds. The summed E-state index contributed by atoms with van der Waals surface area (Å²) in [5, 5.41) is 4.89. The van der Waals surface area contributed by atoms with Gasteiger partial charge in [-0.3, -0.25) is 0 Å². The number of ether oxygens (including phenoxy) is 1. The molecule has 0 N–H and O–H groups in total. The van der Waals surface area contributed by atoms with Crippen molar-refractivity contribution in [2.24, 2.45) is 0 Å². The SMILES string of the molecule is c1ccc(-c2ccc3c4c(cccc24)-c2cc(-c4cccc(-c5cccc6c5c5ccccc5n6-c5ccccc5)c4)ccc2O3)cc1. The lowest BCUT2D eigenvalue weighted by Gasteiger charge is -2.23. The van der Waals surface area contributed by atoms with Crippen molar-refractivity contribution < 1.29 is 4.74 Å². The highest BCUT2D eigenvalue weighted by Gasteiger charge is 2.22. The summed E-state index contributed by atoms with van der Waals surface area (Å²) in [5.74, 6) is 1.80. The molecule has 2 nitrogen and oxygen atoms in total. The molecule has 10 rings (SSSR count). The van der Waals surface area contributed by atoms with Gasteiger partial charge in [-0.05, 0) is 92.9 Å². The van der Waals surface area contributed by atoms with Gasteiger partial charge in [-0.1, -0.05) is 127 Å². The molecule has 0 unspecified atom stereocenters. The molecule has 0 saturated carbocycles. The highest BCUT2D eigenvalue weighted by molar-refractivity contribution is 6.16. The van der Waals surface area contributed by atoms with Gasteiger partial charge < -0.3 is 9.30 Å². The third-order valence-electron chi connectivity index (χ3n) is 9.80. The van der Waals surface area contributed by atoms with Crippen LogP contribution < -0.4 is 4.74 Å². The maximum absolute atomic E-state index is 6.55.